The highest BCUT2D eigenvalue weighted by Gasteiger charge is 2.02. The number of rotatable bonds is 5. The van der Waals surface area contributed by atoms with Gasteiger partial charge >= 0.3 is 0 Å². The van der Waals surface area contributed by atoms with Crippen LogP contribution in [0.2, 0.25) is 0 Å². The van der Waals surface area contributed by atoms with Crippen molar-refractivity contribution < 1.29 is 9.53 Å². The lowest BCUT2D eigenvalue weighted by molar-refractivity contribution is -0.123. The largest absolute Gasteiger partial charge is 0.484 e. The van der Waals surface area contributed by atoms with Crippen LogP contribution >= 0.6 is 0 Å². The number of carbonyl (C=O) groups excluding carboxylic acids is 1. The molecule has 0 radical (unpaired) electrons. The van der Waals surface area contributed by atoms with Gasteiger partial charge in [0.2, 0.25) is 0 Å². The first-order valence-electron chi connectivity index (χ1n) is 7.57. The van der Waals surface area contributed by atoms with Crippen molar-refractivity contribution >= 4 is 23.0 Å². The third-order valence-corrected chi connectivity index (χ3v) is 3.45. The van der Waals surface area contributed by atoms with Gasteiger partial charge in [0.05, 0.1) is 11.7 Å². The summed E-state index contributed by atoms with van der Waals surface area (Å²) in [7, 11) is 0. The number of carbonyl (C=O) groups is 1. The van der Waals surface area contributed by atoms with E-state index in [4.69, 9.17) is 4.74 Å². The van der Waals surface area contributed by atoms with Crippen LogP contribution in [0.5, 0.6) is 5.75 Å². The van der Waals surface area contributed by atoms with E-state index >= 15 is 0 Å². The summed E-state index contributed by atoms with van der Waals surface area (Å²) < 4.78 is 5.40. The van der Waals surface area contributed by atoms with Crippen molar-refractivity contribution in [1.82, 2.24) is 10.4 Å². The number of para-hydroxylation sites is 1. The van der Waals surface area contributed by atoms with Crippen LogP contribution in [0.3, 0.4) is 0 Å². The van der Waals surface area contributed by atoms with E-state index in [1.165, 1.54) is 0 Å². The molecule has 1 N–H and O–H groups in total. The molecule has 0 aliphatic heterocycles. The number of nitrogens with zero attached hydrogens (tertiary/aromatic N) is 2. The first-order valence-corrected chi connectivity index (χ1v) is 7.57. The van der Waals surface area contributed by atoms with Crippen LogP contribution in [-0.4, -0.2) is 23.7 Å². The maximum Gasteiger partial charge on any atom is 0.277 e. The minimum Gasteiger partial charge on any atom is -0.484 e. The molecule has 0 spiro atoms. The SMILES string of the molecule is Cc1ccc(OCC(=O)N/N=C\c2cccc3cccnc23)cc1. The standard InChI is InChI=1S/C19H17N3O2/c1-14-7-9-17(10-8-14)24-13-18(23)22-21-12-16-5-2-4-15-6-3-11-20-19(15)16/h2-12H,13H2,1H3,(H,22,23)/b21-12-. The summed E-state index contributed by atoms with van der Waals surface area (Å²) >= 11 is 0. The Bertz CT molecular complexity index is 868. The van der Waals surface area contributed by atoms with Crippen molar-refractivity contribution in [2.45, 2.75) is 6.92 Å². The van der Waals surface area contributed by atoms with Gasteiger partial charge in [0.25, 0.3) is 5.91 Å². The summed E-state index contributed by atoms with van der Waals surface area (Å²) in [6.07, 6.45) is 3.31. The topological polar surface area (TPSA) is 63.6 Å². The van der Waals surface area contributed by atoms with Crippen molar-refractivity contribution in [3.05, 3.63) is 71.9 Å². The molecule has 2 aromatic carbocycles. The molecule has 0 bridgehead atoms. The first-order chi connectivity index (χ1) is 11.7. The Morgan fingerprint density at radius 1 is 1.17 bits per heavy atom. The highest BCUT2D eigenvalue weighted by molar-refractivity contribution is 5.97. The fourth-order valence-electron chi connectivity index (χ4n) is 2.22. The molecule has 5 nitrogen and oxygen atoms in total. The lowest BCUT2D eigenvalue weighted by atomic mass is 10.1. The van der Waals surface area contributed by atoms with Crippen molar-refractivity contribution in [2.24, 2.45) is 5.10 Å². The van der Waals surface area contributed by atoms with Gasteiger partial charge in [0.1, 0.15) is 5.75 Å². The van der Waals surface area contributed by atoms with E-state index in [1.807, 2.05) is 61.5 Å². The van der Waals surface area contributed by atoms with Gasteiger partial charge in [0, 0.05) is 17.1 Å². The molecule has 0 aliphatic carbocycles. The van der Waals surface area contributed by atoms with E-state index in [2.05, 4.69) is 15.5 Å². The molecule has 0 atom stereocenters. The molecule has 5 heteroatoms. The van der Waals surface area contributed by atoms with Crippen LogP contribution < -0.4 is 10.2 Å². The summed E-state index contributed by atoms with van der Waals surface area (Å²) in [5.41, 5.74) is 5.28. The Balaban J connectivity index is 1.57. The number of hydrazone groups is 1. The molecule has 0 saturated carbocycles. The van der Waals surface area contributed by atoms with E-state index < -0.39 is 0 Å². The van der Waals surface area contributed by atoms with Crippen LogP contribution in [0.15, 0.2) is 65.9 Å². The Labute approximate surface area is 140 Å². The third kappa shape index (κ3) is 3.95. The zero-order valence-electron chi connectivity index (χ0n) is 13.3. The van der Waals surface area contributed by atoms with Crippen LogP contribution in [0, 0.1) is 6.92 Å². The highest BCUT2D eigenvalue weighted by Crippen LogP contribution is 2.14. The third-order valence-electron chi connectivity index (χ3n) is 3.45. The molecule has 1 heterocycles. The quantitative estimate of drug-likeness (QED) is 0.580. The average molecular weight is 319 g/mol. The Morgan fingerprint density at radius 3 is 2.79 bits per heavy atom. The van der Waals surface area contributed by atoms with Gasteiger partial charge in [-0.15, -0.1) is 0 Å². The Morgan fingerprint density at radius 2 is 1.96 bits per heavy atom. The van der Waals surface area contributed by atoms with Crippen molar-refractivity contribution in [3.63, 3.8) is 0 Å². The van der Waals surface area contributed by atoms with Gasteiger partial charge in [0.15, 0.2) is 6.61 Å². The molecule has 0 fully saturated rings. The minimum absolute atomic E-state index is 0.0891. The van der Waals surface area contributed by atoms with Gasteiger partial charge in [-0.1, -0.05) is 42.0 Å². The lowest BCUT2D eigenvalue weighted by Gasteiger charge is -2.05. The van der Waals surface area contributed by atoms with Gasteiger partial charge in [-0.05, 0) is 25.1 Å². The number of nitrogens with one attached hydrogen (secondary N) is 1. The molecule has 1 aromatic heterocycles. The van der Waals surface area contributed by atoms with Gasteiger partial charge in [-0.2, -0.15) is 5.10 Å². The maximum absolute atomic E-state index is 11.8. The van der Waals surface area contributed by atoms with E-state index in [0.29, 0.717) is 5.75 Å². The first kappa shape index (κ1) is 15.7. The molecule has 3 aromatic rings. The summed E-state index contributed by atoms with van der Waals surface area (Å²) in [4.78, 5) is 16.1. The average Bonchev–Trinajstić information content (AvgIpc) is 2.61. The number of amides is 1. The molecular weight excluding hydrogens is 302 g/mol. The van der Waals surface area contributed by atoms with Crippen molar-refractivity contribution in [2.75, 3.05) is 6.61 Å². The number of aromatic nitrogens is 1. The number of benzene rings is 2. The monoisotopic (exact) mass is 319 g/mol. The van der Waals surface area contributed by atoms with E-state index in [-0.39, 0.29) is 12.5 Å². The number of ether oxygens (including phenoxy) is 1. The molecular formula is C19H17N3O2. The number of fused-ring (bicyclic) bond motifs is 1. The van der Waals surface area contributed by atoms with Crippen LogP contribution in [0.25, 0.3) is 10.9 Å². The summed E-state index contributed by atoms with van der Waals surface area (Å²) in [6.45, 7) is 1.90. The molecule has 0 aliphatic rings. The van der Waals surface area contributed by atoms with Gasteiger partial charge in [-0.25, -0.2) is 5.43 Å². The van der Waals surface area contributed by atoms with Gasteiger partial charge < -0.3 is 4.74 Å². The number of hydrogen-bond acceptors (Lipinski definition) is 4. The fraction of sp³-hybridized carbons (Fsp3) is 0.105. The van der Waals surface area contributed by atoms with E-state index in [0.717, 1.165) is 22.0 Å². The number of pyridine rings is 1. The lowest BCUT2D eigenvalue weighted by Crippen LogP contribution is -2.24. The molecule has 1 amide bonds. The summed E-state index contributed by atoms with van der Waals surface area (Å²) in [5.74, 6) is 0.331. The van der Waals surface area contributed by atoms with Crippen molar-refractivity contribution in [3.8, 4) is 5.75 Å². The molecule has 3 rings (SSSR count). The fourth-order valence-corrected chi connectivity index (χ4v) is 2.22. The normalized spacial score (nSPS) is 10.9. The van der Waals surface area contributed by atoms with Gasteiger partial charge in [-0.3, -0.25) is 9.78 Å². The zero-order chi connectivity index (χ0) is 16.8. The number of hydrogen-bond donors (Lipinski definition) is 1. The summed E-state index contributed by atoms with van der Waals surface area (Å²) in [5, 5.41) is 5.00. The molecule has 0 unspecified atom stereocenters. The zero-order valence-corrected chi connectivity index (χ0v) is 13.3. The smallest absolute Gasteiger partial charge is 0.277 e. The predicted octanol–water partition coefficient (Wildman–Crippen LogP) is 3.07. The predicted molar refractivity (Wildman–Crippen MR) is 94.2 cm³/mol. The van der Waals surface area contributed by atoms with E-state index in [9.17, 15) is 4.79 Å². The van der Waals surface area contributed by atoms with Crippen molar-refractivity contribution in [1.29, 1.82) is 0 Å². The van der Waals surface area contributed by atoms with Crippen LogP contribution in [-0.2, 0) is 4.79 Å². The van der Waals surface area contributed by atoms with Crippen LogP contribution in [0.4, 0.5) is 0 Å². The maximum atomic E-state index is 11.8. The number of aryl methyl sites for hydroxylation is 1. The second kappa shape index (κ2) is 7.37. The second-order valence-corrected chi connectivity index (χ2v) is 5.32. The molecule has 120 valence electrons. The highest BCUT2D eigenvalue weighted by atomic mass is 16.5. The summed E-state index contributed by atoms with van der Waals surface area (Å²) in [6, 6.07) is 17.2. The Hall–Kier alpha value is -3.21. The Kier molecular flexibility index (Phi) is 4.81. The molecule has 0 saturated heterocycles. The molecule has 24 heavy (non-hydrogen) atoms. The second-order valence-electron chi connectivity index (χ2n) is 5.32. The van der Waals surface area contributed by atoms with Crippen LogP contribution in [0.1, 0.15) is 11.1 Å². The minimum atomic E-state index is -0.319. The van der Waals surface area contributed by atoms with E-state index in [1.54, 1.807) is 12.4 Å².